The minimum atomic E-state index is -0.410. The third-order valence-corrected chi connectivity index (χ3v) is 13.1. The van der Waals surface area contributed by atoms with Crippen LogP contribution < -0.4 is 0 Å². The van der Waals surface area contributed by atoms with Gasteiger partial charge in [-0.2, -0.15) is 0 Å². The summed E-state index contributed by atoms with van der Waals surface area (Å²) in [6.45, 7) is 21.2. The van der Waals surface area contributed by atoms with Crippen LogP contribution in [0.1, 0.15) is 106 Å². The monoisotopic (exact) mass is 440 g/mol. The number of carbonyl (C=O) groups is 1. The van der Waals surface area contributed by atoms with Crippen LogP contribution in [-0.4, -0.2) is 17.0 Å². The minimum absolute atomic E-state index is 0.0575. The Labute approximate surface area is 197 Å². The van der Waals surface area contributed by atoms with Crippen molar-refractivity contribution in [2.24, 2.45) is 56.7 Å². The molecule has 0 aromatic carbocycles. The fourth-order valence-corrected chi connectivity index (χ4v) is 11.5. The lowest BCUT2D eigenvalue weighted by atomic mass is 9.32. The number of fused-ring (bicyclic) bond motifs is 7. The molecule has 10 atom stereocenters. The van der Waals surface area contributed by atoms with Gasteiger partial charge in [0.1, 0.15) is 5.78 Å². The third-order valence-electron chi connectivity index (χ3n) is 13.1. The summed E-state index contributed by atoms with van der Waals surface area (Å²) in [7, 11) is 0. The maximum Gasteiger partial charge on any atom is 0.138 e. The van der Waals surface area contributed by atoms with Crippen LogP contribution in [0.4, 0.5) is 0 Å². The van der Waals surface area contributed by atoms with Crippen LogP contribution >= 0.6 is 0 Å². The van der Waals surface area contributed by atoms with E-state index >= 15 is 0 Å². The number of carbonyl (C=O) groups excluding carboxylic acids is 1. The SMILES string of the molecule is C=C(C)[C@@H]1CC[C@]2(C)CC[C@]3(C)[C@H](CC[C@@H]4[C@@]5(C)CCC(=O)C(C)(C)[C@@H]5[C@H](O)C[C@]43C)[C@@H]12. The summed E-state index contributed by atoms with van der Waals surface area (Å²) >= 11 is 0. The van der Waals surface area contributed by atoms with Crippen molar-refractivity contribution in [2.45, 2.75) is 112 Å². The second kappa shape index (κ2) is 6.73. The van der Waals surface area contributed by atoms with Gasteiger partial charge >= 0.3 is 0 Å². The number of ketones is 1. The van der Waals surface area contributed by atoms with Crippen molar-refractivity contribution in [2.75, 3.05) is 0 Å². The fourth-order valence-electron chi connectivity index (χ4n) is 11.5. The van der Waals surface area contributed by atoms with Gasteiger partial charge in [0.25, 0.3) is 0 Å². The molecule has 0 saturated heterocycles. The van der Waals surface area contributed by atoms with Gasteiger partial charge in [0.05, 0.1) is 6.10 Å². The number of rotatable bonds is 1. The highest BCUT2D eigenvalue weighted by Gasteiger charge is 2.71. The van der Waals surface area contributed by atoms with Gasteiger partial charge < -0.3 is 5.11 Å². The minimum Gasteiger partial charge on any atom is -0.393 e. The van der Waals surface area contributed by atoms with Crippen molar-refractivity contribution >= 4 is 5.78 Å². The Kier molecular flexibility index (Phi) is 4.87. The number of Topliss-reactive ketones (excluding diaryl/α,β-unsaturated/α-hetero) is 1. The lowest BCUT2D eigenvalue weighted by molar-refractivity contribution is -0.258. The molecule has 1 N–H and O–H groups in total. The van der Waals surface area contributed by atoms with Crippen molar-refractivity contribution in [3.63, 3.8) is 0 Å². The maximum atomic E-state index is 12.9. The van der Waals surface area contributed by atoms with Crippen LogP contribution in [0, 0.1) is 56.7 Å². The Bertz CT molecular complexity index is 842. The number of allylic oxidation sites excluding steroid dienone is 1. The van der Waals surface area contributed by atoms with E-state index < -0.39 is 5.41 Å². The second-order valence-corrected chi connectivity index (χ2v) is 14.6. The summed E-state index contributed by atoms with van der Waals surface area (Å²) in [6, 6.07) is 0. The molecule has 5 saturated carbocycles. The topological polar surface area (TPSA) is 37.3 Å². The lowest BCUT2D eigenvalue weighted by Gasteiger charge is -2.73. The second-order valence-electron chi connectivity index (χ2n) is 14.6. The smallest absolute Gasteiger partial charge is 0.138 e. The summed E-state index contributed by atoms with van der Waals surface area (Å²) in [5, 5.41) is 11.7. The number of hydrogen-bond acceptors (Lipinski definition) is 2. The highest BCUT2D eigenvalue weighted by atomic mass is 16.3. The number of aliphatic hydroxyl groups is 1. The Morgan fingerprint density at radius 1 is 0.938 bits per heavy atom. The van der Waals surface area contributed by atoms with Gasteiger partial charge in [0.15, 0.2) is 0 Å². The molecule has 5 aliphatic rings. The van der Waals surface area contributed by atoms with Crippen molar-refractivity contribution in [1.82, 2.24) is 0 Å². The summed E-state index contributed by atoms with van der Waals surface area (Å²) in [4.78, 5) is 12.9. The first-order chi connectivity index (χ1) is 14.7. The number of aliphatic hydroxyl groups excluding tert-OH is 1. The average Bonchev–Trinajstić information content (AvgIpc) is 3.03. The quantitative estimate of drug-likeness (QED) is 0.438. The molecule has 0 radical (unpaired) electrons. The summed E-state index contributed by atoms with van der Waals surface area (Å²) in [5.41, 5.74) is 1.92. The van der Waals surface area contributed by atoms with Crippen LogP contribution in [-0.2, 0) is 4.79 Å². The van der Waals surface area contributed by atoms with E-state index in [2.05, 4.69) is 55.0 Å². The third kappa shape index (κ3) is 2.60. The maximum absolute atomic E-state index is 12.9. The molecule has 2 heteroatoms. The van der Waals surface area contributed by atoms with Crippen molar-refractivity contribution in [1.29, 1.82) is 0 Å². The molecule has 0 aromatic rings. The molecular weight excluding hydrogens is 392 g/mol. The molecule has 0 aromatic heterocycles. The highest BCUT2D eigenvalue weighted by Crippen LogP contribution is 2.77. The first-order valence-electron chi connectivity index (χ1n) is 13.6. The molecule has 5 aliphatic carbocycles. The van der Waals surface area contributed by atoms with Gasteiger partial charge in [-0.05, 0) is 104 Å². The lowest BCUT2D eigenvalue weighted by Crippen LogP contribution is -2.69. The summed E-state index contributed by atoms with van der Waals surface area (Å²) in [5.74, 6) is 3.23. The Balaban J connectivity index is 1.58. The number of hydrogen-bond donors (Lipinski definition) is 1. The van der Waals surface area contributed by atoms with E-state index in [-0.39, 0.29) is 28.3 Å². The van der Waals surface area contributed by atoms with E-state index in [1.54, 1.807) is 0 Å². The molecule has 0 heterocycles. The Morgan fingerprint density at radius 2 is 1.62 bits per heavy atom. The zero-order valence-corrected chi connectivity index (χ0v) is 21.9. The van der Waals surface area contributed by atoms with Crippen LogP contribution in [0.2, 0.25) is 0 Å². The van der Waals surface area contributed by atoms with Crippen molar-refractivity contribution in [3.8, 4) is 0 Å². The van der Waals surface area contributed by atoms with Gasteiger partial charge in [-0.1, -0.05) is 53.7 Å². The van der Waals surface area contributed by atoms with E-state index in [1.165, 1.54) is 44.1 Å². The van der Waals surface area contributed by atoms with E-state index in [9.17, 15) is 9.90 Å². The van der Waals surface area contributed by atoms with E-state index in [4.69, 9.17) is 0 Å². The molecule has 0 spiro atoms. The molecule has 5 fully saturated rings. The molecule has 32 heavy (non-hydrogen) atoms. The van der Waals surface area contributed by atoms with Crippen LogP contribution in [0.25, 0.3) is 0 Å². The van der Waals surface area contributed by atoms with E-state index in [1.807, 2.05) is 0 Å². The first-order valence-corrected chi connectivity index (χ1v) is 13.6. The van der Waals surface area contributed by atoms with Gasteiger partial charge in [-0.25, -0.2) is 0 Å². The molecule has 2 nitrogen and oxygen atoms in total. The first kappa shape index (κ1) is 23.1. The average molecular weight is 441 g/mol. The molecular formula is C30H48O2. The normalized spacial score (nSPS) is 56.6. The highest BCUT2D eigenvalue weighted by molar-refractivity contribution is 5.85. The fraction of sp³-hybridized carbons (Fsp3) is 0.900. The molecule has 5 rings (SSSR count). The molecule has 180 valence electrons. The standard InChI is InChI=1S/C30H48O2/c1-18(2)19-11-13-27(5)15-16-29(7)20(24(19)27)9-10-22-28(6)14-12-23(32)26(3,4)25(28)21(31)17-30(22,29)8/h19-22,24-25,31H,1,9-17H2,2-8H3/t19-,20+,21+,22+,24+,25-,27+,28+,29+,30+/m0/s1. The van der Waals surface area contributed by atoms with Crippen LogP contribution in [0.15, 0.2) is 12.2 Å². The predicted molar refractivity (Wildman–Crippen MR) is 131 cm³/mol. The molecule has 0 aliphatic heterocycles. The van der Waals surface area contributed by atoms with Crippen molar-refractivity contribution in [3.05, 3.63) is 12.2 Å². The summed E-state index contributed by atoms with van der Waals surface area (Å²) in [6.07, 6.45) is 10.1. The van der Waals surface area contributed by atoms with Crippen LogP contribution in [0.5, 0.6) is 0 Å². The van der Waals surface area contributed by atoms with Crippen molar-refractivity contribution < 1.29 is 9.90 Å². The summed E-state index contributed by atoms with van der Waals surface area (Å²) < 4.78 is 0. The largest absolute Gasteiger partial charge is 0.393 e. The Morgan fingerprint density at radius 3 is 2.28 bits per heavy atom. The zero-order chi connectivity index (χ0) is 23.5. The van der Waals surface area contributed by atoms with E-state index in [0.29, 0.717) is 29.5 Å². The van der Waals surface area contributed by atoms with Crippen LogP contribution in [0.3, 0.4) is 0 Å². The molecule has 0 amide bonds. The predicted octanol–water partition coefficient (Wildman–Crippen LogP) is 7.20. The zero-order valence-electron chi connectivity index (χ0n) is 21.9. The van der Waals surface area contributed by atoms with Gasteiger partial charge in [0.2, 0.25) is 0 Å². The van der Waals surface area contributed by atoms with E-state index in [0.717, 1.165) is 24.7 Å². The van der Waals surface area contributed by atoms with Gasteiger partial charge in [0, 0.05) is 17.8 Å². The molecule has 0 bridgehead atoms. The van der Waals surface area contributed by atoms with Gasteiger partial charge in [-0.15, -0.1) is 0 Å². The molecule has 0 unspecified atom stereocenters. The Hall–Kier alpha value is -0.630. The van der Waals surface area contributed by atoms with Gasteiger partial charge in [-0.3, -0.25) is 4.79 Å².